The van der Waals surface area contributed by atoms with Crippen molar-refractivity contribution in [3.05, 3.63) is 64.2 Å². The molecule has 0 unspecified atom stereocenters. The van der Waals surface area contributed by atoms with Gasteiger partial charge in [-0.25, -0.2) is 0 Å². The Morgan fingerprint density at radius 1 is 0.867 bits per heavy atom. The normalized spacial score (nSPS) is 18.1. The molecule has 2 aromatic rings. The molecule has 3 heterocycles. The summed E-state index contributed by atoms with van der Waals surface area (Å²) in [5.74, 6) is 0.488. The summed E-state index contributed by atoms with van der Waals surface area (Å²) in [5, 5.41) is 0. The fourth-order valence-corrected chi connectivity index (χ4v) is 5.34. The van der Waals surface area contributed by atoms with Crippen LogP contribution in [0.2, 0.25) is 0 Å². The summed E-state index contributed by atoms with van der Waals surface area (Å²) >= 11 is 0. The number of fused-ring (bicyclic) bond motifs is 1. The Balaban J connectivity index is 1.16. The first-order valence-corrected chi connectivity index (χ1v) is 11.5. The van der Waals surface area contributed by atoms with E-state index in [1.807, 2.05) is 11.0 Å². The lowest BCUT2D eigenvalue weighted by atomic mass is 9.94. The van der Waals surface area contributed by atoms with Gasteiger partial charge in [0.15, 0.2) is 5.78 Å². The maximum absolute atomic E-state index is 12.9. The smallest absolute Gasteiger partial charge is 0.227 e. The number of amides is 1. The lowest BCUT2D eigenvalue weighted by Gasteiger charge is -2.25. The Kier molecular flexibility index (Phi) is 5.43. The second kappa shape index (κ2) is 8.35. The molecule has 0 radical (unpaired) electrons. The van der Waals surface area contributed by atoms with Gasteiger partial charge in [-0.1, -0.05) is 24.3 Å². The standard InChI is InChI=1S/C26H30N2O2/c29-24(23-16-20-10-11-25(30)28-15-12-21(17-23)26(20)28)9-3-4-13-27-14-5-8-19-6-1-2-7-22(19)18-27/h1-2,6-7,16-17H,3-5,8-15,18H2. The molecule has 2 aromatic carbocycles. The van der Waals surface area contributed by atoms with E-state index in [4.69, 9.17) is 0 Å². The molecule has 0 aromatic heterocycles. The van der Waals surface area contributed by atoms with Crippen molar-refractivity contribution in [2.24, 2.45) is 0 Å². The summed E-state index contributed by atoms with van der Waals surface area (Å²) in [5.41, 5.74) is 7.29. The molecule has 0 saturated heterocycles. The first-order valence-electron chi connectivity index (χ1n) is 11.5. The zero-order valence-corrected chi connectivity index (χ0v) is 17.7. The van der Waals surface area contributed by atoms with Crippen LogP contribution in [0.5, 0.6) is 0 Å². The largest absolute Gasteiger partial charge is 0.312 e. The fraction of sp³-hybridized carbons (Fsp3) is 0.462. The monoisotopic (exact) mass is 402 g/mol. The maximum Gasteiger partial charge on any atom is 0.227 e. The van der Waals surface area contributed by atoms with E-state index >= 15 is 0 Å². The van der Waals surface area contributed by atoms with E-state index in [9.17, 15) is 9.59 Å². The van der Waals surface area contributed by atoms with Gasteiger partial charge in [-0.3, -0.25) is 14.5 Å². The van der Waals surface area contributed by atoms with Gasteiger partial charge in [-0.2, -0.15) is 0 Å². The number of nitrogens with zero attached hydrogens (tertiary/aromatic N) is 2. The van der Waals surface area contributed by atoms with Crippen LogP contribution in [0.25, 0.3) is 0 Å². The summed E-state index contributed by atoms with van der Waals surface area (Å²) in [6, 6.07) is 12.9. The highest BCUT2D eigenvalue weighted by molar-refractivity contribution is 6.02. The molecule has 0 N–H and O–H groups in total. The summed E-state index contributed by atoms with van der Waals surface area (Å²) in [6.45, 7) is 4.02. The molecule has 4 heteroatoms. The van der Waals surface area contributed by atoms with Crippen LogP contribution in [0.15, 0.2) is 36.4 Å². The van der Waals surface area contributed by atoms with Crippen molar-refractivity contribution in [3.63, 3.8) is 0 Å². The molecule has 0 aliphatic carbocycles. The minimum atomic E-state index is 0.233. The molecule has 3 aliphatic rings. The highest BCUT2D eigenvalue weighted by atomic mass is 16.2. The van der Waals surface area contributed by atoms with Crippen molar-refractivity contribution in [2.75, 3.05) is 24.5 Å². The molecule has 30 heavy (non-hydrogen) atoms. The van der Waals surface area contributed by atoms with Crippen LogP contribution in [0.4, 0.5) is 5.69 Å². The third-order valence-electron chi connectivity index (χ3n) is 6.93. The van der Waals surface area contributed by atoms with E-state index in [1.165, 1.54) is 35.1 Å². The summed E-state index contributed by atoms with van der Waals surface area (Å²) < 4.78 is 0. The van der Waals surface area contributed by atoms with Crippen molar-refractivity contribution < 1.29 is 9.59 Å². The molecular formula is C26H30N2O2. The molecule has 3 aliphatic heterocycles. The van der Waals surface area contributed by atoms with Gasteiger partial charge in [0.05, 0.1) is 5.69 Å². The second-order valence-electron chi connectivity index (χ2n) is 8.97. The Labute approximate surface area is 178 Å². The highest BCUT2D eigenvalue weighted by Crippen LogP contribution is 2.37. The van der Waals surface area contributed by atoms with Crippen LogP contribution >= 0.6 is 0 Å². The number of hydrogen-bond acceptors (Lipinski definition) is 3. The van der Waals surface area contributed by atoms with Crippen LogP contribution in [0.1, 0.15) is 64.7 Å². The van der Waals surface area contributed by atoms with Gasteiger partial charge < -0.3 is 4.90 Å². The number of anilines is 1. The zero-order valence-electron chi connectivity index (χ0n) is 17.7. The van der Waals surface area contributed by atoms with Crippen LogP contribution in [-0.4, -0.2) is 36.2 Å². The third kappa shape index (κ3) is 3.81. The minimum Gasteiger partial charge on any atom is -0.312 e. The Morgan fingerprint density at radius 3 is 2.53 bits per heavy atom. The molecule has 0 fully saturated rings. The van der Waals surface area contributed by atoms with E-state index in [0.717, 1.165) is 63.1 Å². The van der Waals surface area contributed by atoms with E-state index in [-0.39, 0.29) is 11.7 Å². The molecule has 5 rings (SSSR count). The topological polar surface area (TPSA) is 40.6 Å². The van der Waals surface area contributed by atoms with Crippen LogP contribution in [-0.2, 0) is 30.6 Å². The summed E-state index contributed by atoms with van der Waals surface area (Å²) in [6.07, 6.45) is 7.24. The molecule has 0 atom stereocenters. The predicted molar refractivity (Wildman–Crippen MR) is 119 cm³/mol. The molecular weight excluding hydrogens is 372 g/mol. The first kappa shape index (κ1) is 19.5. The molecule has 0 spiro atoms. The number of unbranched alkanes of at least 4 members (excludes halogenated alkanes) is 1. The van der Waals surface area contributed by atoms with Crippen molar-refractivity contribution >= 4 is 17.4 Å². The van der Waals surface area contributed by atoms with Crippen molar-refractivity contribution in [1.82, 2.24) is 4.90 Å². The fourth-order valence-electron chi connectivity index (χ4n) is 5.34. The molecule has 1 amide bonds. The summed E-state index contributed by atoms with van der Waals surface area (Å²) in [4.78, 5) is 29.4. The minimum absolute atomic E-state index is 0.233. The quantitative estimate of drug-likeness (QED) is 0.534. The Hall–Kier alpha value is -2.46. The van der Waals surface area contributed by atoms with Gasteiger partial charge in [0, 0.05) is 31.5 Å². The lowest BCUT2D eigenvalue weighted by molar-refractivity contribution is -0.118. The van der Waals surface area contributed by atoms with Gasteiger partial charge >= 0.3 is 0 Å². The number of benzene rings is 2. The summed E-state index contributed by atoms with van der Waals surface area (Å²) in [7, 11) is 0. The van der Waals surface area contributed by atoms with E-state index in [1.54, 1.807) is 0 Å². The average molecular weight is 403 g/mol. The number of hydrogen-bond donors (Lipinski definition) is 0. The average Bonchev–Trinajstić information content (AvgIpc) is 3.08. The van der Waals surface area contributed by atoms with Crippen LogP contribution in [0, 0.1) is 0 Å². The number of ketones is 1. The third-order valence-corrected chi connectivity index (χ3v) is 6.93. The van der Waals surface area contributed by atoms with Crippen LogP contribution in [0.3, 0.4) is 0 Å². The van der Waals surface area contributed by atoms with E-state index < -0.39 is 0 Å². The number of rotatable bonds is 6. The van der Waals surface area contributed by atoms with Crippen molar-refractivity contribution in [2.45, 2.75) is 57.9 Å². The van der Waals surface area contributed by atoms with Gasteiger partial charge in [0.25, 0.3) is 0 Å². The Morgan fingerprint density at radius 2 is 1.67 bits per heavy atom. The van der Waals surface area contributed by atoms with E-state index in [2.05, 4.69) is 35.2 Å². The van der Waals surface area contributed by atoms with Gasteiger partial charge in [-0.15, -0.1) is 0 Å². The maximum atomic E-state index is 12.9. The second-order valence-corrected chi connectivity index (χ2v) is 8.97. The molecule has 0 saturated carbocycles. The van der Waals surface area contributed by atoms with Gasteiger partial charge in [-0.05, 0) is 86.0 Å². The number of carbonyl (C=O) groups is 2. The first-order chi connectivity index (χ1) is 14.7. The SMILES string of the molecule is O=C(CCCCN1CCCc2ccccc2C1)c1cc2c3c(c1)CCN3C(=O)CC2. The molecule has 0 bridgehead atoms. The van der Waals surface area contributed by atoms with Gasteiger partial charge in [0.2, 0.25) is 5.91 Å². The van der Waals surface area contributed by atoms with Crippen LogP contribution < -0.4 is 4.90 Å². The Bertz CT molecular complexity index is 981. The number of carbonyl (C=O) groups excluding carboxylic acids is 2. The molecule has 4 nitrogen and oxygen atoms in total. The molecule has 156 valence electrons. The van der Waals surface area contributed by atoms with Crippen molar-refractivity contribution in [3.8, 4) is 0 Å². The number of aryl methyl sites for hydroxylation is 2. The van der Waals surface area contributed by atoms with Crippen molar-refractivity contribution in [1.29, 1.82) is 0 Å². The zero-order chi connectivity index (χ0) is 20.5. The van der Waals surface area contributed by atoms with Gasteiger partial charge in [0.1, 0.15) is 0 Å². The number of Topliss-reactive ketones (excluding diaryl/α,β-unsaturated/α-hetero) is 1. The highest BCUT2D eigenvalue weighted by Gasteiger charge is 2.31. The lowest BCUT2D eigenvalue weighted by Crippen LogP contribution is -2.32. The van der Waals surface area contributed by atoms with E-state index in [0.29, 0.717) is 12.8 Å². The predicted octanol–water partition coefficient (Wildman–Crippen LogP) is 4.32.